The first kappa shape index (κ1) is 18.4. The fourth-order valence-corrected chi connectivity index (χ4v) is 2.79. The molecule has 0 aliphatic carbocycles. The zero-order chi connectivity index (χ0) is 19.6. The lowest BCUT2D eigenvalue weighted by Crippen LogP contribution is -2.37. The summed E-state index contributed by atoms with van der Waals surface area (Å²) in [6.07, 6.45) is 0. The molecule has 0 bridgehead atoms. The number of amides is 3. The second kappa shape index (κ2) is 7.48. The van der Waals surface area contributed by atoms with E-state index in [2.05, 4.69) is 15.7 Å². The molecule has 0 spiro atoms. The van der Waals surface area contributed by atoms with Crippen molar-refractivity contribution in [2.24, 2.45) is 0 Å². The van der Waals surface area contributed by atoms with Gasteiger partial charge in [0, 0.05) is 25.0 Å². The summed E-state index contributed by atoms with van der Waals surface area (Å²) in [5.41, 5.74) is 2.82. The van der Waals surface area contributed by atoms with Gasteiger partial charge in [0.2, 0.25) is 0 Å². The number of aryl methyl sites for hydroxylation is 2. The Kier molecular flexibility index (Phi) is 5.11. The average molecular weight is 371 g/mol. The zero-order valence-electron chi connectivity index (χ0n) is 15.4. The molecule has 3 amide bonds. The second-order valence-electron chi connectivity index (χ2n) is 6.28. The van der Waals surface area contributed by atoms with Crippen LogP contribution in [0.15, 0.2) is 24.3 Å². The molecule has 1 aromatic carbocycles. The van der Waals surface area contributed by atoms with Crippen LogP contribution < -0.4 is 20.3 Å². The molecule has 0 unspecified atom stereocenters. The molecule has 0 saturated heterocycles. The van der Waals surface area contributed by atoms with Crippen molar-refractivity contribution >= 4 is 29.1 Å². The standard InChI is InChI=1S/C18H21N5O4/c1-11-8-12(2)23(21-11)7-6-19-17(25)18(26)20-13-4-5-15-14(9-13)22(3)16(24)10-27-15/h4-5,8-9H,6-7,10H2,1-3H3,(H,19,25)(H,20,26). The molecule has 27 heavy (non-hydrogen) atoms. The van der Waals surface area contributed by atoms with Crippen molar-refractivity contribution in [1.82, 2.24) is 15.1 Å². The maximum Gasteiger partial charge on any atom is 0.313 e. The number of carbonyl (C=O) groups excluding carboxylic acids is 3. The van der Waals surface area contributed by atoms with Crippen molar-refractivity contribution in [2.75, 3.05) is 30.4 Å². The lowest BCUT2D eigenvalue weighted by Gasteiger charge is -2.26. The van der Waals surface area contributed by atoms with E-state index in [1.165, 1.54) is 4.90 Å². The topological polar surface area (TPSA) is 106 Å². The van der Waals surface area contributed by atoms with Crippen molar-refractivity contribution in [3.63, 3.8) is 0 Å². The third-order valence-corrected chi connectivity index (χ3v) is 4.22. The largest absolute Gasteiger partial charge is 0.482 e. The van der Waals surface area contributed by atoms with Gasteiger partial charge in [-0.15, -0.1) is 0 Å². The van der Waals surface area contributed by atoms with Crippen LogP contribution in [0.4, 0.5) is 11.4 Å². The molecule has 1 aromatic heterocycles. The molecule has 2 heterocycles. The van der Waals surface area contributed by atoms with E-state index in [0.29, 0.717) is 23.7 Å². The van der Waals surface area contributed by atoms with Gasteiger partial charge in [-0.1, -0.05) is 0 Å². The summed E-state index contributed by atoms with van der Waals surface area (Å²) in [5, 5.41) is 9.38. The van der Waals surface area contributed by atoms with Gasteiger partial charge in [0.15, 0.2) is 6.61 Å². The predicted molar refractivity (Wildman–Crippen MR) is 98.7 cm³/mol. The van der Waals surface area contributed by atoms with Crippen molar-refractivity contribution < 1.29 is 19.1 Å². The molecule has 2 aromatic rings. The minimum absolute atomic E-state index is 0.0210. The van der Waals surface area contributed by atoms with E-state index in [1.54, 1.807) is 29.9 Å². The fourth-order valence-electron chi connectivity index (χ4n) is 2.79. The van der Waals surface area contributed by atoms with E-state index >= 15 is 0 Å². The monoisotopic (exact) mass is 371 g/mol. The van der Waals surface area contributed by atoms with Crippen molar-refractivity contribution in [3.8, 4) is 5.75 Å². The zero-order valence-corrected chi connectivity index (χ0v) is 15.4. The van der Waals surface area contributed by atoms with Gasteiger partial charge in [-0.25, -0.2) is 0 Å². The number of anilines is 2. The highest BCUT2D eigenvalue weighted by molar-refractivity contribution is 6.39. The Morgan fingerprint density at radius 2 is 2.00 bits per heavy atom. The van der Waals surface area contributed by atoms with Gasteiger partial charge >= 0.3 is 11.8 Å². The molecule has 9 heteroatoms. The maximum absolute atomic E-state index is 12.1. The number of nitrogens with zero attached hydrogens (tertiary/aromatic N) is 3. The molecule has 2 N–H and O–H groups in total. The van der Waals surface area contributed by atoms with Crippen molar-refractivity contribution in [3.05, 3.63) is 35.7 Å². The third-order valence-electron chi connectivity index (χ3n) is 4.22. The fraction of sp³-hybridized carbons (Fsp3) is 0.333. The third kappa shape index (κ3) is 4.08. The summed E-state index contributed by atoms with van der Waals surface area (Å²) in [5.74, 6) is -1.17. The summed E-state index contributed by atoms with van der Waals surface area (Å²) < 4.78 is 7.10. The van der Waals surface area contributed by atoms with Crippen LogP contribution in [-0.2, 0) is 20.9 Å². The molecular weight excluding hydrogens is 350 g/mol. The Labute approximate surface area is 156 Å². The number of rotatable bonds is 4. The van der Waals surface area contributed by atoms with Gasteiger partial charge in [-0.2, -0.15) is 5.10 Å². The molecule has 1 aliphatic heterocycles. The summed E-state index contributed by atoms with van der Waals surface area (Å²) in [4.78, 5) is 37.2. The summed E-state index contributed by atoms with van der Waals surface area (Å²) in [6.45, 7) is 4.55. The minimum atomic E-state index is -0.783. The van der Waals surface area contributed by atoms with Crippen molar-refractivity contribution in [2.45, 2.75) is 20.4 Å². The van der Waals surface area contributed by atoms with E-state index in [4.69, 9.17) is 4.74 Å². The lowest BCUT2D eigenvalue weighted by atomic mass is 10.2. The van der Waals surface area contributed by atoms with Gasteiger partial charge in [-0.05, 0) is 38.1 Å². The van der Waals surface area contributed by atoms with Crippen LogP contribution in [-0.4, -0.2) is 47.7 Å². The summed E-state index contributed by atoms with van der Waals surface area (Å²) in [7, 11) is 1.63. The number of benzene rings is 1. The van der Waals surface area contributed by atoms with Gasteiger partial charge in [0.1, 0.15) is 5.75 Å². The van der Waals surface area contributed by atoms with E-state index in [0.717, 1.165) is 11.4 Å². The van der Waals surface area contributed by atoms with Gasteiger partial charge < -0.3 is 20.3 Å². The Morgan fingerprint density at radius 1 is 1.22 bits per heavy atom. The quantitative estimate of drug-likeness (QED) is 0.766. The highest BCUT2D eigenvalue weighted by Crippen LogP contribution is 2.33. The van der Waals surface area contributed by atoms with Crippen LogP contribution in [0, 0.1) is 13.8 Å². The first-order chi connectivity index (χ1) is 12.8. The first-order valence-corrected chi connectivity index (χ1v) is 8.49. The Hall–Kier alpha value is -3.36. The van der Waals surface area contributed by atoms with Crippen molar-refractivity contribution in [1.29, 1.82) is 0 Å². The second-order valence-corrected chi connectivity index (χ2v) is 6.28. The van der Waals surface area contributed by atoms with Gasteiger partial charge in [0.25, 0.3) is 5.91 Å². The number of aromatic nitrogens is 2. The highest BCUT2D eigenvalue weighted by Gasteiger charge is 2.23. The molecule has 1 aliphatic rings. The molecule has 0 fully saturated rings. The Bertz CT molecular complexity index is 905. The molecule has 0 radical (unpaired) electrons. The van der Waals surface area contributed by atoms with E-state index in [-0.39, 0.29) is 19.1 Å². The van der Waals surface area contributed by atoms with E-state index in [9.17, 15) is 14.4 Å². The van der Waals surface area contributed by atoms with Crippen LogP contribution in [0.3, 0.4) is 0 Å². The molecular formula is C18H21N5O4. The van der Waals surface area contributed by atoms with Crippen LogP contribution in [0.5, 0.6) is 5.75 Å². The molecule has 3 rings (SSSR count). The number of ether oxygens (including phenoxy) is 1. The summed E-state index contributed by atoms with van der Waals surface area (Å²) in [6, 6.07) is 6.79. The number of hydrogen-bond acceptors (Lipinski definition) is 5. The van der Waals surface area contributed by atoms with Crippen LogP contribution >= 0.6 is 0 Å². The highest BCUT2D eigenvalue weighted by atomic mass is 16.5. The number of fused-ring (bicyclic) bond motifs is 1. The molecule has 0 saturated carbocycles. The number of hydrogen-bond donors (Lipinski definition) is 2. The SMILES string of the molecule is Cc1cc(C)n(CCNC(=O)C(=O)Nc2ccc3c(c2)N(C)C(=O)CO3)n1. The minimum Gasteiger partial charge on any atom is -0.482 e. The molecule has 142 valence electrons. The predicted octanol–water partition coefficient (Wildman–Crippen LogP) is 0.610. The van der Waals surface area contributed by atoms with Gasteiger partial charge in [-0.3, -0.25) is 19.1 Å². The van der Waals surface area contributed by atoms with Gasteiger partial charge in [0.05, 0.1) is 17.9 Å². The number of likely N-dealkylation sites (N-methyl/N-ethyl adjacent to an activating group) is 1. The average Bonchev–Trinajstić information content (AvgIpc) is 2.95. The van der Waals surface area contributed by atoms with Crippen LogP contribution in [0.25, 0.3) is 0 Å². The summed E-state index contributed by atoms with van der Waals surface area (Å²) >= 11 is 0. The first-order valence-electron chi connectivity index (χ1n) is 8.49. The van der Waals surface area contributed by atoms with Crippen LogP contribution in [0.1, 0.15) is 11.4 Å². The van der Waals surface area contributed by atoms with Crippen LogP contribution in [0.2, 0.25) is 0 Å². The molecule has 9 nitrogen and oxygen atoms in total. The number of nitrogens with one attached hydrogen (secondary N) is 2. The Morgan fingerprint density at radius 3 is 2.70 bits per heavy atom. The molecule has 0 atom stereocenters. The smallest absolute Gasteiger partial charge is 0.313 e. The Balaban J connectivity index is 1.56. The van der Waals surface area contributed by atoms with E-state index in [1.807, 2.05) is 19.9 Å². The number of carbonyl (C=O) groups is 3. The van der Waals surface area contributed by atoms with E-state index < -0.39 is 11.8 Å². The maximum atomic E-state index is 12.1. The lowest BCUT2D eigenvalue weighted by molar-refractivity contribution is -0.136. The normalized spacial score (nSPS) is 13.0.